The third-order valence-electron chi connectivity index (χ3n) is 7.68. The molecule has 0 radical (unpaired) electrons. The third kappa shape index (κ3) is 3.85. The summed E-state index contributed by atoms with van der Waals surface area (Å²) in [5.74, 6) is -3.30. The molecule has 180 valence electrons. The Morgan fingerprint density at radius 1 is 1.25 bits per heavy atom. The lowest BCUT2D eigenvalue weighted by Gasteiger charge is -2.37. The number of carboxylic acid groups (broad SMARTS) is 1. The second kappa shape index (κ2) is 9.91. The Balaban J connectivity index is 2.00. The molecule has 5 atom stereocenters. The highest BCUT2D eigenvalue weighted by Crippen LogP contribution is 2.64. The predicted molar refractivity (Wildman–Crippen MR) is 119 cm³/mol. The van der Waals surface area contributed by atoms with Crippen molar-refractivity contribution in [3.63, 3.8) is 0 Å². The van der Waals surface area contributed by atoms with E-state index in [4.69, 9.17) is 4.74 Å². The van der Waals surface area contributed by atoms with Crippen molar-refractivity contribution in [3.8, 4) is 0 Å². The third-order valence-corrected chi connectivity index (χ3v) is 7.68. The van der Waals surface area contributed by atoms with Gasteiger partial charge in [0.15, 0.2) is 0 Å². The number of likely N-dealkylation sites (tertiary alicyclic amines) is 1. The molecular weight excluding hydrogens is 412 g/mol. The van der Waals surface area contributed by atoms with Crippen molar-refractivity contribution in [2.45, 2.75) is 82.5 Å². The van der Waals surface area contributed by atoms with Crippen LogP contribution in [-0.2, 0) is 19.1 Å². The minimum Gasteiger partial charge on any atom is -0.481 e. The molecule has 2 N–H and O–H groups in total. The molecule has 2 unspecified atom stereocenters. The number of amides is 2. The van der Waals surface area contributed by atoms with Gasteiger partial charge in [0.2, 0.25) is 11.8 Å². The van der Waals surface area contributed by atoms with E-state index in [-0.39, 0.29) is 18.4 Å². The van der Waals surface area contributed by atoms with Gasteiger partial charge in [-0.25, -0.2) is 0 Å². The second-order valence-electron chi connectivity index (χ2n) is 9.41. The van der Waals surface area contributed by atoms with Crippen LogP contribution in [-0.4, -0.2) is 81.3 Å². The minimum absolute atomic E-state index is 0.00200. The number of nitrogens with zero attached hydrogens (tertiary/aromatic N) is 2. The number of hydrogen-bond acceptors (Lipinski definition) is 5. The van der Waals surface area contributed by atoms with E-state index in [9.17, 15) is 24.6 Å². The van der Waals surface area contributed by atoms with Crippen LogP contribution < -0.4 is 0 Å². The van der Waals surface area contributed by atoms with Gasteiger partial charge in [0.25, 0.3) is 0 Å². The van der Waals surface area contributed by atoms with Gasteiger partial charge in [0.1, 0.15) is 17.6 Å². The monoisotopic (exact) mass is 450 g/mol. The van der Waals surface area contributed by atoms with Crippen LogP contribution in [0, 0.1) is 11.8 Å². The topological polar surface area (TPSA) is 107 Å². The molecule has 3 heterocycles. The quantitative estimate of drug-likeness (QED) is 0.329. The molecule has 0 aromatic rings. The molecule has 0 aliphatic carbocycles. The normalized spacial score (nSPS) is 32.9. The number of rotatable bonds is 13. The number of ether oxygens (including phenoxy) is 1. The molecular formula is C24H38N2O6. The van der Waals surface area contributed by atoms with Crippen LogP contribution in [0.4, 0.5) is 0 Å². The molecule has 2 bridgehead atoms. The maximum atomic E-state index is 13.9. The van der Waals surface area contributed by atoms with Crippen LogP contribution in [0.1, 0.15) is 65.2 Å². The highest BCUT2D eigenvalue weighted by Gasteiger charge is 2.78. The Morgan fingerprint density at radius 2 is 2.00 bits per heavy atom. The van der Waals surface area contributed by atoms with Crippen LogP contribution in [0.5, 0.6) is 0 Å². The highest BCUT2D eigenvalue weighted by atomic mass is 16.5. The summed E-state index contributed by atoms with van der Waals surface area (Å²) in [7, 11) is 0. The number of aliphatic hydroxyl groups excluding tert-OH is 1. The van der Waals surface area contributed by atoms with Gasteiger partial charge in [-0.1, -0.05) is 32.8 Å². The molecule has 8 nitrogen and oxygen atoms in total. The Hall–Kier alpha value is -1.93. The van der Waals surface area contributed by atoms with Crippen molar-refractivity contribution < 1.29 is 29.3 Å². The van der Waals surface area contributed by atoms with Crippen molar-refractivity contribution in [2.24, 2.45) is 11.8 Å². The lowest BCUT2D eigenvalue weighted by Crippen LogP contribution is -2.56. The summed E-state index contributed by atoms with van der Waals surface area (Å²) in [5, 5.41) is 19.3. The smallest absolute Gasteiger partial charge is 0.310 e. The van der Waals surface area contributed by atoms with Crippen molar-refractivity contribution in [1.29, 1.82) is 0 Å². The summed E-state index contributed by atoms with van der Waals surface area (Å²) in [5.41, 5.74) is -2.00. The van der Waals surface area contributed by atoms with Crippen molar-refractivity contribution in [3.05, 3.63) is 12.7 Å². The molecule has 3 fully saturated rings. The van der Waals surface area contributed by atoms with Crippen LogP contribution in [0.2, 0.25) is 0 Å². The van der Waals surface area contributed by atoms with E-state index >= 15 is 0 Å². The SMILES string of the molecule is C=CCN(CCCCC)C(=O)C1N(CCCCO)C(=O)[C@@H]2[C@@H](C(=O)O)[C@@]3(CC)CCC12O3. The summed E-state index contributed by atoms with van der Waals surface area (Å²) < 4.78 is 6.52. The molecule has 0 aromatic carbocycles. The molecule has 3 rings (SSSR count). The predicted octanol–water partition coefficient (Wildman–Crippen LogP) is 2.20. The van der Waals surface area contributed by atoms with Gasteiger partial charge in [-0.15, -0.1) is 6.58 Å². The fourth-order valence-electron chi connectivity index (χ4n) is 6.18. The van der Waals surface area contributed by atoms with Crippen LogP contribution in [0.3, 0.4) is 0 Å². The van der Waals surface area contributed by atoms with Gasteiger partial charge in [0.05, 0.1) is 11.5 Å². The van der Waals surface area contributed by atoms with Gasteiger partial charge >= 0.3 is 5.97 Å². The number of unbranched alkanes of at least 4 members (excludes halogenated alkanes) is 3. The van der Waals surface area contributed by atoms with Gasteiger partial charge in [-0.2, -0.15) is 0 Å². The average molecular weight is 451 g/mol. The molecule has 2 amide bonds. The summed E-state index contributed by atoms with van der Waals surface area (Å²) >= 11 is 0. The zero-order chi connectivity index (χ0) is 23.5. The molecule has 3 aliphatic heterocycles. The minimum atomic E-state index is -1.10. The van der Waals surface area contributed by atoms with E-state index in [1.165, 1.54) is 0 Å². The zero-order valence-corrected chi connectivity index (χ0v) is 19.4. The van der Waals surface area contributed by atoms with Crippen molar-refractivity contribution in [2.75, 3.05) is 26.2 Å². The number of carbonyl (C=O) groups excluding carboxylic acids is 2. The van der Waals surface area contributed by atoms with Gasteiger partial charge in [0, 0.05) is 26.2 Å². The maximum Gasteiger partial charge on any atom is 0.310 e. The number of carbonyl (C=O) groups is 3. The first-order chi connectivity index (χ1) is 15.3. The average Bonchev–Trinajstić information content (AvgIpc) is 3.37. The van der Waals surface area contributed by atoms with Gasteiger partial charge in [-0.3, -0.25) is 14.4 Å². The lowest BCUT2D eigenvalue weighted by atomic mass is 9.65. The van der Waals surface area contributed by atoms with Gasteiger partial charge < -0.3 is 24.7 Å². The molecule has 3 saturated heterocycles. The van der Waals surface area contributed by atoms with Crippen LogP contribution in [0.15, 0.2) is 12.7 Å². The largest absolute Gasteiger partial charge is 0.481 e. The van der Waals surface area contributed by atoms with Crippen molar-refractivity contribution in [1.82, 2.24) is 9.80 Å². The Morgan fingerprint density at radius 3 is 2.59 bits per heavy atom. The van der Waals surface area contributed by atoms with E-state index in [1.807, 2.05) is 6.92 Å². The van der Waals surface area contributed by atoms with Crippen LogP contribution in [0.25, 0.3) is 0 Å². The van der Waals surface area contributed by atoms with E-state index in [2.05, 4.69) is 13.5 Å². The molecule has 32 heavy (non-hydrogen) atoms. The number of aliphatic hydroxyl groups is 1. The molecule has 0 aromatic heterocycles. The fraction of sp³-hybridized carbons (Fsp3) is 0.792. The standard InChI is InChI=1S/C24H38N2O6/c1-4-7-8-14-25(13-5-2)21(29)19-24-12-11-23(6-3,32-24)18(22(30)31)17(24)20(28)26(19)15-9-10-16-27/h5,17-19,27H,2,4,6-16H2,1,3H3,(H,30,31)/t17-,18-,19?,23+,24?/m0/s1. The molecule has 0 saturated carbocycles. The molecule has 1 spiro atoms. The number of aliphatic carboxylic acids is 1. The Labute approximate surface area is 190 Å². The lowest BCUT2D eigenvalue weighted by molar-refractivity contribution is -0.157. The molecule has 3 aliphatic rings. The zero-order valence-electron chi connectivity index (χ0n) is 19.4. The second-order valence-corrected chi connectivity index (χ2v) is 9.41. The Bertz CT molecular complexity index is 742. The summed E-state index contributed by atoms with van der Waals surface area (Å²) in [6.45, 7) is 9.03. The highest BCUT2D eigenvalue weighted by molar-refractivity contribution is 5.98. The first-order valence-corrected chi connectivity index (χ1v) is 12.1. The summed E-state index contributed by atoms with van der Waals surface area (Å²) in [6.07, 6.45) is 7.16. The molecule has 8 heteroatoms. The maximum absolute atomic E-state index is 13.9. The van der Waals surface area contributed by atoms with E-state index < -0.39 is 35.0 Å². The van der Waals surface area contributed by atoms with Crippen molar-refractivity contribution >= 4 is 17.8 Å². The Kier molecular flexibility index (Phi) is 7.65. The summed E-state index contributed by atoms with van der Waals surface area (Å²) in [4.78, 5) is 43.1. The number of carboxylic acids is 1. The van der Waals surface area contributed by atoms with E-state index in [1.54, 1.807) is 15.9 Å². The van der Waals surface area contributed by atoms with Gasteiger partial charge in [-0.05, 0) is 38.5 Å². The first kappa shape index (κ1) is 24.7. The fourth-order valence-corrected chi connectivity index (χ4v) is 6.18. The van der Waals surface area contributed by atoms with E-state index in [0.717, 1.165) is 19.3 Å². The number of fused-ring (bicyclic) bond motifs is 1. The van der Waals surface area contributed by atoms with E-state index in [0.29, 0.717) is 51.7 Å². The number of hydrogen-bond donors (Lipinski definition) is 2. The summed E-state index contributed by atoms with van der Waals surface area (Å²) in [6, 6.07) is -0.835. The first-order valence-electron chi connectivity index (χ1n) is 12.1. The van der Waals surface area contributed by atoms with Crippen LogP contribution >= 0.6 is 0 Å².